The van der Waals surface area contributed by atoms with E-state index in [1.54, 1.807) is 12.1 Å². The number of hydrogen-bond donors (Lipinski definition) is 1. The number of halogens is 1. The predicted molar refractivity (Wildman–Crippen MR) is 81.2 cm³/mol. The fourth-order valence-electron chi connectivity index (χ4n) is 1.76. The molecule has 102 valence electrons. The molecule has 0 heterocycles. The van der Waals surface area contributed by atoms with Gasteiger partial charge in [-0.3, -0.25) is 9.69 Å². The van der Waals surface area contributed by atoms with Gasteiger partial charge >= 0.3 is 0 Å². The summed E-state index contributed by atoms with van der Waals surface area (Å²) in [5.74, 6) is -0.733. The molecule has 1 amide bonds. The topological polar surface area (TPSA) is 46.3 Å². The second-order valence-electron chi connectivity index (χ2n) is 4.32. The highest BCUT2D eigenvalue weighted by Crippen LogP contribution is 2.18. The molecule has 2 rings (SSSR count). The van der Waals surface area contributed by atoms with Crippen LogP contribution >= 0.6 is 12.2 Å². The third-order valence-electron chi connectivity index (χ3n) is 2.81. The number of anilines is 1. The summed E-state index contributed by atoms with van der Waals surface area (Å²) in [6.07, 6.45) is 0. The molecule has 0 aliphatic heterocycles. The minimum atomic E-state index is -0.389. The van der Waals surface area contributed by atoms with Crippen molar-refractivity contribution in [1.29, 1.82) is 0 Å². The number of nitrogens with two attached hydrogens (primary N) is 1. The first-order valence-electron chi connectivity index (χ1n) is 5.95. The Morgan fingerprint density at radius 3 is 2.15 bits per heavy atom. The lowest BCUT2D eigenvalue weighted by molar-refractivity contribution is 0.100. The van der Waals surface area contributed by atoms with E-state index in [1.165, 1.54) is 29.2 Å². The molecule has 0 aromatic heterocycles. The summed E-state index contributed by atoms with van der Waals surface area (Å²) in [4.78, 5) is 13.6. The van der Waals surface area contributed by atoms with E-state index < -0.39 is 0 Å². The van der Waals surface area contributed by atoms with Crippen LogP contribution in [-0.2, 0) is 0 Å². The molecule has 0 saturated carbocycles. The van der Waals surface area contributed by atoms with Crippen LogP contribution < -0.4 is 10.6 Å². The standard InChI is InChI=1S/C15H13FN2OS/c1-10-2-4-11(5-3-10)14(19)18(15(17)20)13-8-6-12(16)7-9-13/h2-9H,1H3,(H2,17,20). The van der Waals surface area contributed by atoms with Crippen LogP contribution in [0.1, 0.15) is 15.9 Å². The fraction of sp³-hybridized carbons (Fsp3) is 0.0667. The highest BCUT2D eigenvalue weighted by Gasteiger charge is 2.20. The van der Waals surface area contributed by atoms with Crippen LogP contribution in [0.4, 0.5) is 10.1 Å². The second kappa shape index (κ2) is 5.79. The Hall–Kier alpha value is -2.27. The Morgan fingerprint density at radius 1 is 1.10 bits per heavy atom. The van der Waals surface area contributed by atoms with Crippen LogP contribution in [0, 0.1) is 12.7 Å². The molecule has 0 atom stereocenters. The van der Waals surface area contributed by atoms with Crippen LogP contribution in [0.25, 0.3) is 0 Å². The number of carbonyl (C=O) groups is 1. The van der Waals surface area contributed by atoms with Crippen LogP contribution in [0.2, 0.25) is 0 Å². The summed E-state index contributed by atoms with van der Waals surface area (Å²) < 4.78 is 13.0. The highest BCUT2D eigenvalue weighted by atomic mass is 32.1. The first kappa shape index (κ1) is 14.1. The smallest absolute Gasteiger partial charge is 0.264 e. The molecule has 3 nitrogen and oxygen atoms in total. The van der Waals surface area contributed by atoms with Gasteiger partial charge in [0.2, 0.25) is 0 Å². The first-order valence-corrected chi connectivity index (χ1v) is 6.36. The number of amides is 1. The molecule has 0 spiro atoms. The second-order valence-corrected chi connectivity index (χ2v) is 4.74. The molecule has 0 aliphatic rings. The zero-order chi connectivity index (χ0) is 14.7. The lowest BCUT2D eigenvalue weighted by Crippen LogP contribution is -2.40. The maximum Gasteiger partial charge on any atom is 0.264 e. The molecule has 0 fully saturated rings. The maximum absolute atomic E-state index is 13.0. The first-order chi connectivity index (χ1) is 9.49. The molecule has 2 aromatic rings. The van der Waals surface area contributed by atoms with Gasteiger partial charge in [-0.1, -0.05) is 17.7 Å². The minimum Gasteiger partial charge on any atom is -0.376 e. The molecule has 0 bridgehead atoms. The maximum atomic E-state index is 13.0. The van der Waals surface area contributed by atoms with Gasteiger partial charge in [0.05, 0.1) is 5.69 Å². The van der Waals surface area contributed by atoms with E-state index in [9.17, 15) is 9.18 Å². The fourth-order valence-corrected chi connectivity index (χ4v) is 1.95. The van der Waals surface area contributed by atoms with Crippen molar-refractivity contribution < 1.29 is 9.18 Å². The lowest BCUT2D eigenvalue weighted by Gasteiger charge is -2.21. The van der Waals surface area contributed by atoms with Crippen LogP contribution in [-0.4, -0.2) is 11.0 Å². The van der Waals surface area contributed by atoms with E-state index in [0.717, 1.165) is 5.56 Å². The summed E-state index contributed by atoms with van der Waals surface area (Å²) in [7, 11) is 0. The summed E-state index contributed by atoms with van der Waals surface area (Å²) in [6, 6.07) is 12.5. The number of rotatable bonds is 2. The zero-order valence-corrected chi connectivity index (χ0v) is 11.7. The molecule has 0 unspecified atom stereocenters. The Kier molecular flexibility index (Phi) is 4.10. The minimum absolute atomic E-state index is 0.0813. The average molecular weight is 288 g/mol. The molecule has 5 heteroatoms. The average Bonchev–Trinajstić information content (AvgIpc) is 2.41. The quantitative estimate of drug-likeness (QED) is 0.864. The molecule has 0 radical (unpaired) electrons. The van der Waals surface area contributed by atoms with Crippen molar-refractivity contribution in [2.45, 2.75) is 6.92 Å². The molecule has 20 heavy (non-hydrogen) atoms. The van der Waals surface area contributed by atoms with Crippen molar-refractivity contribution in [2.75, 3.05) is 4.90 Å². The van der Waals surface area contributed by atoms with Crippen LogP contribution in [0.5, 0.6) is 0 Å². The van der Waals surface area contributed by atoms with Crippen molar-refractivity contribution in [1.82, 2.24) is 0 Å². The Labute approximate surface area is 121 Å². The van der Waals surface area contributed by atoms with Gasteiger partial charge in [-0.2, -0.15) is 0 Å². The monoisotopic (exact) mass is 288 g/mol. The van der Waals surface area contributed by atoms with Crippen molar-refractivity contribution >= 4 is 28.9 Å². The van der Waals surface area contributed by atoms with Gasteiger partial charge in [0.15, 0.2) is 5.11 Å². The number of aryl methyl sites for hydroxylation is 1. The Balaban J connectivity index is 2.38. The van der Waals surface area contributed by atoms with Gasteiger partial charge in [-0.25, -0.2) is 4.39 Å². The van der Waals surface area contributed by atoms with Crippen molar-refractivity contribution in [3.8, 4) is 0 Å². The van der Waals surface area contributed by atoms with E-state index >= 15 is 0 Å². The Bertz CT molecular complexity index is 638. The largest absolute Gasteiger partial charge is 0.376 e. The molecule has 2 aromatic carbocycles. The molecular formula is C15H13FN2OS. The molecule has 0 saturated heterocycles. The number of nitrogens with zero attached hydrogens (tertiary/aromatic N) is 1. The number of benzene rings is 2. The lowest BCUT2D eigenvalue weighted by atomic mass is 10.1. The highest BCUT2D eigenvalue weighted by molar-refractivity contribution is 7.80. The van der Waals surface area contributed by atoms with E-state index in [-0.39, 0.29) is 16.8 Å². The van der Waals surface area contributed by atoms with E-state index in [1.807, 2.05) is 19.1 Å². The Morgan fingerprint density at radius 2 is 1.65 bits per heavy atom. The number of carbonyl (C=O) groups excluding carboxylic acids is 1. The predicted octanol–water partition coefficient (Wildman–Crippen LogP) is 3.02. The third kappa shape index (κ3) is 3.00. The van der Waals surface area contributed by atoms with Crippen LogP contribution in [0.15, 0.2) is 48.5 Å². The molecule has 2 N–H and O–H groups in total. The van der Waals surface area contributed by atoms with Crippen molar-refractivity contribution in [2.24, 2.45) is 5.73 Å². The van der Waals surface area contributed by atoms with Gasteiger partial charge in [-0.05, 0) is 55.5 Å². The molecular weight excluding hydrogens is 275 g/mol. The zero-order valence-electron chi connectivity index (χ0n) is 10.8. The summed E-state index contributed by atoms with van der Waals surface area (Å²) in [6.45, 7) is 1.93. The number of hydrogen-bond acceptors (Lipinski definition) is 2. The van der Waals surface area contributed by atoms with Crippen molar-refractivity contribution in [3.05, 3.63) is 65.5 Å². The van der Waals surface area contributed by atoms with Gasteiger partial charge in [0, 0.05) is 5.56 Å². The summed E-state index contributed by atoms with van der Waals surface area (Å²) in [5.41, 5.74) is 7.56. The number of thiocarbonyl (C=S) groups is 1. The van der Waals surface area contributed by atoms with Gasteiger partial charge in [-0.15, -0.1) is 0 Å². The summed E-state index contributed by atoms with van der Waals surface area (Å²) >= 11 is 4.92. The van der Waals surface area contributed by atoms with E-state index in [2.05, 4.69) is 0 Å². The van der Waals surface area contributed by atoms with E-state index in [0.29, 0.717) is 11.3 Å². The van der Waals surface area contributed by atoms with Crippen LogP contribution in [0.3, 0.4) is 0 Å². The SMILES string of the molecule is Cc1ccc(C(=O)N(C(N)=S)c2ccc(F)cc2)cc1. The van der Waals surface area contributed by atoms with Gasteiger partial charge in [0.1, 0.15) is 5.82 Å². The molecule has 0 aliphatic carbocycles. The van der Waals surface area contributed by atoms with E-state index in [4.69, 9.17) is 18.0 Å². The normalized spacial score (nSPS) is 10.1. The summed E-state index contributed by atoms with van der Waals surface area (Å²) in [5, 5.41) is -0.0813. The third-order valence-corrected chi connectivity index (χ3v) is 2.99. The van der Waals surface area contributed by atoms with Crippen molar-refractivity contribution in [3.63, 3.8) is 0 Å². The van der Waals surface area contributed by atoms with Gasteiger partial charge in [0.25, 0.3) is 5.91 Å². The van der Waals surface area contributed by atoms with Gasteiger partial charge < -0.3 is 5.73 Å².